The van der Waals surface area contributed by atoms with Crippen LogP contribution in [0.5, 0.6) is 0 Å². The minimum Gasteiger partial charge on any atom is -0.444 e. The third-order valence-electron chi connectivity index (χ3n) is 8.47. The molecular formula is C29H36N8O4. The number of aromatic nitrogens is 6. The molecule has 0 radical (unpaired) electrons. The average molecular weight is 561 g/mol. The summed E-state index contributed by atoms with van der Waals surface area (Å²) >= 11 is 0. The summed E-state index contributed by atoms with van der Waals surface area (Å²) in [5, 5.41) is 0. The molecule has 3 aliphatic heterocycles. The Bertz CT molecular complexity index is 1680. The number of H-pyrrole nitrogens is 1. The number of benzene rings is 1. The molecule has 1 amide bonds. The third-order valence-corrected chi connectivity index (χ3v) is 8.47. The largest absolute Gasteiger partial charge is 0.444 e. The molecule has 0 spiro atoms. The number of likely N-dealkylation sites (tertiary alicyclic amines) is 1. The van der Waals surface area contributed by atoms with Gasteiger partial charge in [-0.05, 0) is 52.2 Å². The number of carbonyl (C=O) groups excluding carboxylic acids is 1. The van der Waals surface area contributed by atoms with Gasteiger partial charge >= 0.3 is 11.8 Å². The summed E-state index contributed by atoms with van der Waals surface area (Å²) in [6.07, 6.45) is 4.51. The van der Waals surface area contributed by atoms with Gasteiger partial charge in [-0.25, -0.2) is 19.6 Å². The maximum Gasteiger partial charge on any atom is 0.410 e. The summed E-state index contributed by atoms with van der Waals surface area (Å²) in [7, 11) is 1.75. The standard InChI is InChI=1S/C29H36N8O4/c1-29(2,3)41-28(39)36-14-18-12-35(13-19(18)15-36)26-32-23(17-8-9-21-20(11-17)31-27(38)34(21)4)24-25(33-26)37(16-30-24)22-7-5-6-10-40-22/h8-9,11,16,18-19,22H,5-7,10,12-15H2,1-4H3,(H,31,38). The van der Waals surface area contributed by atoms with Gasteiger partial charge in [0.25, 0.3) is 0 Å². The number of carbonyl (C=O) groups is 1. The van der Waals surface area contributed by atoms with Gasteiger partial charge in [0.05, 0.1) is 17.4 Å². The highest BCUT2D eigenvalue weighted by Crippen LogP contribution is 2.37. The molecule has 3 saturated heterocycles. The van der Waals surface area contributed by atoms with Crippen LogP contribution in [0.3, 0.4) is 0 Å². The fraction of sp³-hybridized carbons (Fsp3) is 0.552. The van der Waals surface area contributed by atoms with Crippen LogP contribution in [0, 0.1) is 11.8 Å². The van der Waals surface area contributed by atoms with Crippen molar-refractivity contribution in [2.24, 2.45) is 18.9 Å². The predicted octanol–water partition coefficient (Wildman–Crippen LogP) is 3.68. The maximum absolute atomic E-state index is 12.7. The van der Waals surface area contributed by atoms with E-state index in [1.807, 2.05) is 54.8 Å². The van der Waals surface area contributed by atoms with Gasteiger partial charge in [0.1, 0.15) is 23.0 Å². The SMILES string of the molecule is Cn1c(=O)[nH]c2cc(-c3nc(N4CC5CN(C(=O)OC(C)(C)C)CC5C4)nc4c3ncn4C3CCCCO3)ccc21. The molecule has 12 heteroatoms. The van der Waals surface area contributed by atoms with Crippen molar-refractivity contribution in [3.05, 3.63) is 35.0 Å². The van der Waals surface area contributed by atoms with Crippen molar-refractivity contribution in [2.75, 3.05) is 37.7 Å². The van der Waals surface area contributed by atoms with Crippen molar-refractivity contribution >= 4 is 34.2 Å². The summed E-state index contributed by atoms with van der Waals surface area (Å²) in [6, 6.07) is 5.87. The smallest absolute Gasteiger partial charge is 0.410 e. The van der Waals surface area contributed by atoms with Crippen LogP contribution in [-0.4, -0.2) is 78.5 Å². The topological polar surface area (TPSA) is 123 Å². The number of aryl methyl sites for hydroxylation is 1. The van der Waals surface area contributed by atoms with Crippen LogP contribution < -0.4 is 10.6 Å². The summed E-state index contributed by atoms with van der Waals surface area (Å²) in [6.45, 7) is 9.24. The molecule has 4 aromatic rings. The second kappa shape index (κ2) is 9.57. The van der Waals surface area contributed by atoms with Crippen LogP contribution in [0.4, 0.5) is 10.7 Å². The minimum absolute atomic E-state index is 0.113. The van der Waals surface area contributed by atoms with Gasteiger partial charge in [-0.1, -0.05) is 6.07 Å². The van der Waals surface area contributed by atoms with E-state index in [1.165, 1.54) is 0 Å². The molecule has 6 heterocycles. The Hall–Kier alpha value is -3.93. The van der Waals surface area contributed by atoms with Crippen LogP contribution >= 0.6 is 0 Å². The molecule has 0 bridgehead atoms. The normalized spacial score (nSPS) is 23.1. The quantitative estimate of drug-likeness (QED) is 0.403. The molecule has 3 aliphatic rings. The molecule has 41 heavy (non-hydrogen) atoms. The summed E-state index contributed by atoms with van der Waals surface area (Å²) < 4.78 is 15.3. The fourth-order valence-electron chi connectivity index (χ4n) is 6.42. The third kappa shape index (κ3) is 4.63. The molecule has 12 nitrogen and oxygen atoms in total. The first-order valence-corrected chi connectivity index (χ1v) is 14.4. The van der Waals surface area contributed by atoms with Crippen LogP contribution in [0.1, 0.15) is 46.3 Å². The number of fused-ring (bicyclic) bond motifs is 3. The molecule has 1 aromatic carbocycles. The highest BCUT2D eigenvalue weighted by atomic mass is 16.6. The number of nitrogens with one attached hydrogen (secondary N) is 1. The Balaban J connectivity index is 1.24. The molecular weight excluding hydrogens is 524 g/mol. The highest BCUT2D eigenvalue weighted by molar-refractivity contribution is 5.91. The van der Waals surface area contributed by atoms with Crippen molar-refractivity contribution in [2.45, 2.75) is 51.9 Å². The van der Waals surface area contributed by atoms with Crippen LogP contribution in [0.25, 0.3) is 33.5 Å². The van der Waals surface area contributed by atoms with Gasteiger partial charge < -0.3 is 24.3 Å². The lowest BCUT2D eigenvalue weighted by Crippen LogP contribution is -2.37. The van der Waals surface area contributed by atoms with Gasteiger partial charge in [-0.2, -0.15) is 4.98 Å². The number of ether oxygens (including phenoxy) is 2. The number of hydrogen-bond donors (Lipinski definition) is 1. The van der Waals surface area contributed by atoms with Crippen molar-refractivity contribution in [1.29, 1.82) is 0 Å². The Morgan fingerprint density at radius 3 is 2.59 bits per heavy atom. The zero-order chi connectivity index (χ0) is 28.5. The second-order valence-corrected chi connectivity index (χ2v) is 12.5. The lowest BCUT2D eigenvalue weighted by molar-refractivity contribution is -0.0298. The lowest BCUT2D eigenvalue weighted by Gasteiger charge is -2.26. The molecule has 3 unspecified atom stereocenters. The Kier molecular flexibility index (Phi) is 6.07. The number of imidazole rings is 2. The number of rotatable bonds is 3. The molecule has 0 aliphatic carbocycles. The number of hydrogen-bond acceptors (Lipinski definition) is 8. The van der Waals surface area contributed by atoms with Crippen LogP contribution in [0.15, 0.2) is 29.3 Å². The second-order valence-electron chi connectivity index (χ2n) is 12.5. The summed E-state index contributed by atoms with van der Waals surface area (Å²) in [5.41, 5.74) is 3.93. The van der Waals surface area contributed by atoms with E-state index in [9.17, 15) is 9.59 Å². The van der Waals surface area contributed by atoms with Gasteiger partial charge in [0, 0.05) is 57.2 Å². The van der Waals surface area contributed by atoms with Crippen LogP contribution in [-0.2, 0) is 16.5 Å². The zero-order valence-electron chi connectivity index (χ0n) is 24.0. The van der Waals surface area contributed by atoms with Crippen molar-refractivity contribution in [3.8, 4) is 11.3 Å². The van der Waals surface area contributed by atoms with Gasteiger partial charge in [0.15, 0.2) is 5.65 Å². The van der Waals surface area contributed by atoms with Gasteiger partial charge in [-0.3, -0.25) is 9.13 Å². The summed E-state index contributed by atoms with van der Waals surface area (Å²) in [5.74, 6) is 1.29. The number of anilines is 1. The summed E-state index contributed by atoms with van der Waals surface area (Å²) in [4.78, 5) is 46.8. The van der Waals surface area contributed by atoms with E-state index in [1.54, 1.807) is 11.6 Å². The fourth-order valence-corrected chi connectivity index (χ4v) is 6.42. The van der Waals surface area contributed by atoms with E-state index >= 15 is 0 Å². The molecule has 3 atom stereocenters. The Labute approximate surface area is 237 Å². The number of nitrogens with zero attached hydrogens (tertiary/aromatic N) is 7. The van der Waals surface area contributed by atoms with E-state index in [4.69, 9.17) is 24.4 Å². The molecule has 1 N–H and O–H groups in total. The Morgan fingerprint density at radius 1 is 1.10 bits per heavy atom. The first kappa shape index (κ1) is 26.0. The monoisotopic (exact) mass is 560 g/mol. The highest BCUT2D eigenvalue weighted by Gasteiger charge is 2.43. The molecule has 7 rings (SSSR count). The molecule has 3 fully saturated rings. The van der Waals surface area contributed by atoms with E-state index in [0.29, 0.717) is 36.4 Å². The van der Waals surface area contributed by atoms with E-state index in [2.05, 4.69) is 9.88 Å². The molecule has 3 aromatic heterocycles. The molecule has 216 valence electrons. The van der Waals surface area contributed by atoms with E-state index < -0.39 is 5.60 Å². The average Bonchev–Trinajstić information content (AvgIpc) is 3.69. The van der Waals surface area contributed by atoms with Crippen LogP contribution in [0.2, 0.25) is 0 Å². The van der Waals surface area contributed by atoms with Crippen molar-refractivity contribution < 1.29 is 14.3 Å². The van der Waals surface area contributed by atoms with Crippen molar-refractivity contribution in [3.63, 3.8) is 0 Å². The van der Waals surface area contributed by atoms with E-state index in [-0.39, 0.29) is 18.0 Å². The van der Waals surface area contributed by atoms with Gasteiger partial charge in [0.2, 0.25) is 5.95 Å². The predicted molar refractivity (Wildman–Crippen MR) is 154 cm³/mol. The minimum atomic E-state index is -0.513. The number of amides is 1. The van der Waals surface area contributed by atoms with Gasteiger partial charge in [-0.15, -0.1) is 0 Å². The zero-order valence-corrected chi connectivity index (χ0v) is 24.0. The van der Waals surface area contributed by atoms with Crippen molar-refractivity contribution in [1.82, 2.24) is 34.0 Å². The molecule has 0 saturated carbocycles. The van der Waals surface area contributed by atoms with E-state index in [0.717, 1.165) is 66.9 Å². The number of aromatic amines is 1. The maximum atomic E-state index is 12.7. The Morgan fingerprint density at radius 2 is 1.88 bits per heavy atom. The lowest BCUT2D eigenvalue weighted by atomic mass is 10.0. The first-order valence-electron chi connectivity index (χ1n) is 14.4. The first-order chi connectivity index (χ1) is 19.6.